The number of amides is 1. The van der Waals surface area contributed by atoms with Crippen molar-refractivity contribution in [1.29, 1.82) is 0 Å². The zero-order valence-corrected chi connectivity index (χ0v) is 20.8. The molecule has 3 heterocycles. The van der Waals surface area contributed by atoms with Crippen molar-refractivity contribution < 1.29 is 27.1 Å². The summed E-state index contributed by atoms with van der Waals surface area (Å²) < 4.78 is 50.8. The van der Waals surface area contributed by atoms with Crippen molar-refractivity contribution in [2.24, 2.45) is 11.1 Å². The van der Waals surface area contributed by atoms with Gasteiger partial charge in [0, 0.05) is 43.7 Å². The van der Waals surface area contributed by atoms with Crippen molar-refractivity contribution in [2.75, 3.05) is 39.8 Å². The normalized spacial score (nSPS) is 15.5. The number of fused-ring (bicyclic) bond motifs is 1. The van der Waals surface area contributed by atoms with Gasteiger partial charge in [-0.05, 0) is 29.7 Å². The summed E-state index contributed by atoms with van der Waals surface area (Å²) in [4.78, 5) is 25.6. The molecule has 0 bridgehead atoms. The van der Waals surface area contributed by atoms with E-state index in [0.717, 1.165) is 25.7 Å². The van der Waals surface area contributed by atoms with Gasteiger partial charge in [0.1, 0.15) is 17.0 Å². The molecule has 1 aromatic carbocycles. The van der Waals surface area contributed by atoms with Crippen molar-refractivity contribution in [3.8, 4) is 17.2 Å². The number of ether oxygens (including phenoxy) is 1. The quantitative estimate of drug-likeness (QED) is 0.556. The smallest absolute Gasteiger partial charge is 0.433 e. The van der Waals surface area contributed by atoms with Crippen LogP contribution in [-0.2, 0) is 12.7 Å². The Labute approximate surface area is 207 Å². The van der Waals surface area contributed by atoms with E-state index in [1.165, 1.54) is 19.2 Å². The fraction of sp³-hybridized carbons (Fsp3) is 0.480. The molecule has 0 spiro atoms. The lowest BCUT2D eigenvalue weighted by molar-refractivity contribution is -0.140. The van der Waals surface area contributed by atoms with E-state index in [1.807, 2.05) is 0 Å². The third-order valence-electron chi connectivity index (χ3n) is 6.00. The van der Waals surface area contributed by atoms with Crippen LogP contribution in [0.5, 0.6) is 5.75 Å². The van der Waals surface area contributed by atoms with E-state index in [9.17, 15) is 18.0 Å². The van der Waals surface area contributed by atoms with Crippen molar-refractivity contribution >= 4 is 16.8 Å². The number of rotatable bonds is 5. The summed E-state index contributed by atoms with van der Waals surface area (Å²) in [6.07, 6.45) is -4.61. The number of benzene rings is 1. The lowest BCUT2D eigenvalue weighted by atomic mass is 9.96. The molecular formula is C25H30F3N5O3. The van der Waals surface area contributed by atoms with Crippen LogP contribution in [0, 0.1) is 5.41 Å². The molecule has 194 valence electrons. The maximum absolute atomic E-state index is 13.3. The van der Waals surface area contributed by atoms with Crippen LogP contribution in [0.15, 0.2) is 28.7 Å². The highest BCUT2D eigenvalue weighted by molar-refractivity contribution is 5.98. The van der Waals surface area contributed by atoms with E-state index in [4.69, 9.17) is 14.9 Å². The van der Waals surface area contributed by atoms with Crippen molar-refractivity contribution in [3.05, 3.63) is 41.4 Å². The first-order chi connectivity index (χ1) is 16.9. The van der Waals surface area contributed by atoms with Gasteiger partial charge < -0.3 is 19.8 Å². The van der Waals surface area contributed by atoms with Crippen molar-refractivity contribution in [1.82, 2.24) is 19.8 Å². The van der Waals surface area contributed by atoms with Gasteiger partial charge in [0.25, 0.3) is 5.91 Å². The number of oxazole rings is 1. The van der Waals surface area contributed by atoms with Gasteiger partial charge in [-0.25, -0.2) is 9.97 Å². The predicted molar refractivity (Wildman–Crippen MR) is 128 cm³/mol. The second-order valence-electron chi connectivity index (χ2n) is 10.0. The van der Waals surface area contributed by atoms with Crippen LogP contribution in [0.3, 0.4) is 0 Å². The molecular weight excluding hydrogens is 475 g/mol. The Hall–Kier alpha value is -3.18. The number of piperazine rings is 1. The number of nitrogens with zero attached hydrogens (tertiary/aromatic N) is 4. The highest BCUT2D eigenvalue weighted by Crippen LogP contribution is 2.37. The van der Waals surface area contributed by atoms with Crippen LogP contribution in [0.25, 0.3) is 22.4 Å². The van der Waals surface area contributed by atoms with Gasteiger partial charge in [-0.2, -0.15) is 13.2 Å². The lowest BCUT2D eigenvalue weighted by Crippen LogP contribution is -2.50. The summed E-state index contributed by atoms with van der Waals surface area (Å²) in [5.41, 5.74) is 5.49. The molecule has 2 aromatic heterocycles. The molecule has 0 saturated carbocycles. The second kappa shape index (κ2) is 9.70. The van der Waals surface area contributed by atoms with Crippen LogP contribution in [0.2, 0.25) is 0 Å². The maximum Gasteiger partial charge on any atom is 0.433 e. The Bertz CT molecular complexity index is 1260. The first-order valence-corrected chi connectivity index (χ1v) is 11.7. The lowest BCUT2D eigenvalue weighted by Gasteiger charge is -2.37. The van der Waals surface area contributed by atoms with Gasteiger partial charge >= 0.3 is 6.18 Å². The summed E-state index contributed by atoms with van der Waals surface area (Å²) in [6, 6.07) is 5.29. The third-order valence-corrected chi connectivity index (χ3v) is 6.00. The van der Waals surface area contributed by atoms with Crippen LogP contribution in [0.4, 0.5) is 13.2 Å². The molecule has 11 heteroatoms. The predicted octanol–water partition coefficient (Wildman–Crippen LogP) is 4.18. The molecule has 1 saturated heterocycles. The minimum absolute atomic E-state index is 0.0140. The molecule has 2 N–H and O–H groups in total. The number of halogens is 3. The Balaban J connectivity index is 1.65. The van der Waals surface area contributed by atoms with Gasteiger partial charge in [0.2, 0.25) is 5.89 Å². The molecule has 4 rings (SSSR count). The zero-order chi connectivity index (χ0) is 26.3. The number of hydrogen-bond acceptors (Lipinski definition) is 7. The van der Waals surface area contributed by atoms with Crippen LogP contribution in [0.1, 0.15) is 42.7 Å². The van der Waals surface area contributed by atoms with Crippen LogP contribution in [-0.4, -0.2) is 65.5 Å². The number of methoxy groups -OCH3 is 1. The minimum atomic E-state index is -4.61. The summed E-state index contributed by atoms with van der Waals surface area (Å²) in [5.74, 6) is 0.196. The maximum atomic E-state index is 13.3. The summed E-state index contributed by atoms with van der Waals surface area (Å²) in [7, 11) is 1.35. The van der Waals surface area contributed by atoms with E-state index < -0.39 is 11.9 Å². The van der Waals surface area contributed by atoms with E-state index in [2.05, 4.69) is 35.6 Å². The topological polar surface area (TPSA) is 97.7 Å². The van der Waals surface area contributed by atoms with Crippen LogP contribution >= 0.6 is 0 Å². The number of carbonyl (C=O) groups is 1. The van der Waals surface area contributed by atoms with Crippen molar-refractivity contribution in [2.45, 2.75) is 33.5 Å². The highest BCUT2D eigenvalue weighted by atomic mass is 19.4. The first kappa shape index (κ1) is 25.9. The molecule has 0 aliphatic carbocycles. The Morgan fingerprint density at radius 1 is 1.08 bits per heavy atom. The molecule has 0 atom stereocenters. The molecule has 0 unspecified atom stereocenters. The van der Waals surface area contributed by atoms with Gasteiger partial charge in [-0.1, -0.05) is 20.8 Å². The van der Waals surface area contributed by atoms with Crippen molar-refractivity contribution in [3.63, 3.8) is 0 Å². The first-order valence-electron chi connectivity index (χ1n) is 11.7. The second-order valence-corrected chi connectivity index (χ2v) is 10.0. The average molecular weight is 506 g/mol. The standard InChI is InChI=1S/C25H30F3N5O3/c1-24(2,3)14-32-9-11-33(12-10-32)23(34)21-18(13-29)36-22(31-21)16-5-7-17(35-4)20-15(16)6-8-19(30-20)25(26,27)28/h5-8H,9-14,29H2,1-4H3. The summed E-state index contributed by atoms with van der Waals surface area (Å²) >= 11 is 0. The fourth-order valence-electron chi connectivity index (χ4n) is 4.40. The number of carbonyl (C=O) groups excluding carboxylic acids is 1. The minimum Gasteiger partial charge on any atom is -0.494 e. The molecule has 1 amide bonds. The number of nitrogens with two attached hydrogens (primary N) is 1. The molecule has 3 aromatic rings. The summed E-state index contributed by atoms with van der Waals surface area (Å²) in [6.45, 7) is 10.0. The van der Waals surface area contributed by atoms with Gasteiger partial charge in [-0.3, -0.25) is 9.69 Å². The van der Waals surface area contributed by atoms with E-state index in [1.54, 1.807) is 11.0 Å². The average Bonchev–Trinajstić information content (AvgIpc) is 3.25. The summed E-state index contributed by atoms with van der Waals surface area (Å²) in [5, 5.41) is 0.349. The third kappa shape index (κ3) is 5.31. The zero-order valence-electron chi connectivity index (χ0n) is 20.8. The molecule has 1 aliphatic heterocycles. The monoisotopic (exact) mass is 505 g/mol. The van der Waals surface area contributed by atoms with E-state index >= 15 is 0 Å². The van der Waals surface area contributed by atoms with E-state index in [0.29, 0.717) is 24.0 Å². The largest absolute Gasteiger partial charge is 0.494 e. The molecule has 1 aliphatic rings. The Kier molecular flexibility index (Phi) is 6.98. The molecule has 8 nitrogen and oxygen atoms in total. The molecule has 36 heavy (non-hydrogen) atoms. The Morgan fingerprint density at radius 2 is 1.78 bits per heavy atom. The molecule has 1 fully saturated rings. The number of pyridine rings is 1. The fourth-order valence-corrected chi connectivity index (χ4v) is 4.40. The van der Waals surface area contributed by atoms with Gasteiger partial charge in [-0.15, -0.1) is 0 Å². The SMILES string of the molecule is COc1ccc(-c2nc(C(=O)N3CCN(CC(C)(C)C)CC3)c(CN)o2)c2ccc(C(F)(F)F)nc12. The highest BCUT2D eigenvalue weighted by Gasteiger charge is 2.33. The van der Waals surface area contributed by atoms with E-state index in [-0.39, 0.29) is 46.5 Å². The van der Waals surface area contributed by atoms with Gasteiger partial charge in [0.15, 0.2) is 11.5 Å². The Morgan fingerprint density at radius 3 is 2.36 bits per heavy atom. The van der Waals surface area contributed by atoms with Gasteiger partial charge in [0.05, 0.1) is 13.7 Å². The number of hydrogen-bond donors (Lipinski definition) is 1. The van der Waals surface area contributed by atoms with Crippen LogP contribution < -0.4 is 10.5 Å². The number of aromatic nitrogens is 2. The number of alkyl halides is 3. The molecule has 0 radical (unpaired) electrons.